The van der Waals surface area contributed by atoms with Crippen LogP contribution in [0, 0.1) is 0 Å². The molecule has 0 heterocycles. The van der Waals surface area contributed by atoms with E-state index in [9.17, 15) is 14.4 Å². The van der Waals surface area contributed by atoms with E-state index >= 15 is 0 Å². The lowest BCUT2D eigenvalue weighted by Gasteiger charge is -2.18. The molecular weight excluding hydrogens is 745 g/mol. The van der Waals surface area contributed by atoms with Gasteiger partial charge in [0.1, 0.15) is 13.2 Å². The highest BCUT2D eigenvalue weighted by Crippen LogP contribution is 2.16. The molecule has 0 rings (SSSR count). The van der Waals surface area contributed by atoms with E-state index in [4.69, 9.17) is 14.2 Å². The summed E-state index contributed by atoms with van der Waals surface area (Å²) < 4.78 is 16.6. The molecule has 0 aromatic carbocycles. The molecule has 0 spiro atoms. The minimum Gasteiger partial charge on any atom is -0.462 e. The molecule has 0 saturated carbocycles. The summed E-state index contributed by atoms with van der Waals surface area (Å²) in [6, 6.07) is 0. The minimum absolute atomic E-state index is 0.102. The van der Waals surface area contributed by atoms with Crippen LogP contribution < -0.4 is 0 Å². The maximum Gasteiger partial charge on any atom is 0.309 e. The van der Waals surface area contributed by atoms with Gasteiger partial charge in [0.05, 0.1) is 6.42 Å². The number of allylic oxidation sites excluding steroid dienone is 9. The number of rotatable bonds is 45. The van der Waals surface area contributed by atoms with Crippen LogP contribution in [0.2, 0.25) is 0 Å². The average molecular weight is 839 g/mol. The van der Waals surface area contributed by atoms with Crippen LogP contribution in [0.15, 0.2) is 60.8 Å². The van der Waals surface area contributed by atoms with Crippen LogP contribution in [0.1, 0.15) is 245 Å². The molecule has 0 aliphatic rings. The van der Waals surface area contributed by atoms with Crippen LogP contribution in [0.3, 0.4) is 0 Å². The van der Waals surface area contributed by atoms with Gasteiger partial charge in [-0.1, -0.05) is 229 Å². The lowest BCUT2D eigenvalue weighted by molar-refractivity contribution is -0.166. The number of carbonyl (C=O) groups is 3. The summed E-state index contributed by atoms with van der Waals surface area (Å²) in [5, 5.41) is 0. The lowest BCUT2D eigenvalue weighted by atomic mass is 10.0. The lowest BCUT2D eigenvalue weighted by Crippen LogP contribution is -2.30. The monoisotopic (exact) mass is 839 g/mol. The Bertz CT molecular complexity index is 1100. The van der Waals surface area contributed by atoms with Crippen molar-refractivity contribution in [3.8, 4) is 0 Å². The van der Waals surface area contributed by atoms with Crippen molar-refractivity contribution in [3.05, 3.63) is 60.8 Å². The maximum absolute atomic E-state index is 12.7. The van der Waals surface area contributed by atoms with E-state index in [-0.39, 0.29) is 31.6 Å². The summed E-state index contributed by atoms with van der Waals surface area (Å²) >= 11 is 0. The maximum atomic E-state index is 12.7. The first-order valence-electron chi connectivity index (χ1n) is 25.3. The van der Waals surface area contributed by atoms with Crippen LogP contribution in [-0.2, 0) is 28.6 Å². The molecule has 0 bridgehead atoms. The predicted octanol–water partition coefficient (Wildman–Crippen LogP) is 16.5. The number of carbonyl (C=O) groups excluding carboxylic acids is 3. The first-order valence-corrected chi connectivity index (χ1v) is 25.3. The smallest absolute Gasteiger partial charge is 0.309 e. The topological polar surface area (TPSA) is 78.9 Å². The first kappa shape index (κ1) is 57.1. The van der Waals surface area contributed by atoms with Gasteiger partial charge in [0, 0.05) is 12.8 Å². The van der Waals surface area contributed by atoms with Gasteiger partial charge in [0.25, 0.3) is 0 Å². The summed E-state index contributed by atoms with van der Waals surface area (Å²) in [7, 11) is 0. The fourth-order valence-electron chi connectivity index (χ4n) is 7.07. The van der Waals surface area contributed by atoms with Gasteiger partial charge in [-0.05, 0) is 57.8 Å². The number of hydrogen-bond donors (Lipinski definition) is 0. The SMILES string of the molecule is CC/C=C\C/C=C\C/C=C\CC(=O)OCC(COC(=O)CCCCCCCCCCCCCCCCCCCCC)OC(=O)CCCCCCCCC/C=C\C/C=C\CC. The third-order valence-corrected chi connectivity index (χ3v) is 10.8. The summed E-state index contributed by atoms with van der Waals surface area (Å²) in [6.45, 7) is 6.32. The molecule has 0 aliphatic carbocycles. The molecule has 0 amide bonds. The Kier molecular flexibility index (Phi) is 46.4. The molecule has 1 unspecified atom stereocenters. The van der Waals surface area contributed by atoms with Gasteiger partial charge >= 0.3 is 17.9 Å². The van der Waals surface area contributed by atoms with Gasteiger partial charge in [-0.3, -0.25) is 14.4 Å². The van der Waals surface area contributed by atoms with E-state index in [1.54, 1.807) is 6.08 Å². The van der Waals surface area contributed by atoms with Crippen molar-refractivity contribution in [3.63, 3.8) is 0 Å². The zero-order valence-corrected chi connectivity index (χ0v) is 39.5. The van der Waals surface area contributed by atoms with Gasteiger partial charge < -0.3 is 14.2 Å². The molecular formula is C54H94O6. The largest absolute Gasteiger partial charge is 0.462 e. The molecule has 60 heavy (non-hydrogen) atoms. The Labute approximate surface area is 370 Å². The third kappa shape index (κ3) is 46.2. The Morgan fingerprint density at radius 2 is 0.717 bits per heavy atom. The molecule has 346 valence electrons. The van der Waals surface area contributed by atoms with Crippen LogP contribution in [0.5, 0.6) is 0 Å². The van der Waals surface area contributed by atoms with Crippen molar-refractivity contribution < 1.29 is 28.6 Å². The predicted molar refractivity (Wildman–Crippen MR) is 256 cm³/mol. The summed E-state index contributed by atoms with van der Waals surface area (Å²) in [6.07, 6.45) is 59.6. The van der Waals surface area contributed by atoms with Gasteiger partial charge in [-0.25, -0.2) is 0 Å². The zero-order chi connectivity index (χ0) is 43.7. The minimum atomic E-state index is -0.810. The fraction of sp³-hybridized carbons (Fsp3) is 0.759. The van der Waals surface area contributed by atoms with Crippen molar-refractivity contribution >= 4 is 17.9 Å². The van der Waals surface area contributed by atoms with Crippen molar-refractivity contribution in [1.29, 1.82) is 0 Å². The molecule has 0 saturated heterocycles. The molecule has 0 N–H and O–H groups in total. The van der Waals surface area contributed by atoms with Crippen LogP contribution in [0.4, 0.5) is 0 Å². The van der Waals surface area contributed by atoms with Gasteiger partial charge in [-0.15, -0.1) is 0 Å². The van der Waals surface area contributed by atoms with Crippen molar-refractivity contribution in [2.75, 3.05) is 13.2 Å². The summed E-state index contributed by atoms with van der Waals surface area (Å²) in [5.74, 6) is -1.04. The van der Waals surface area contributed by atoms with E-state index < -0.39 is 12.1 Å². The molecule has 0 aromatic rings. The van der Waals surface area contributed by atoms with Crippen molar-refractivity contribution in [2.45, 2.75) is 252 Å². The van der Waals surface area contributed by atoms with Crippen LogP contribution >= 0.6 is 0 Å². The van der Waals surface area contributed by atoms with E-state index in [0.29, 0.717) is 12.8 Å². The van der Waals surface area contributed by atoms with Crippen molar-refractivity contribution in [1.82, 2.24) is 0 Å². The second-order valence-corrected chi connectivity index (χ2v) is 16.7. The summed E-state index contributed by atoms with van der Waals surface area (Å²) in [5.41, 5.74) is 0. The first-order chi connectivity index (χ1) is 29.5. The number of esters is 3. The average Bonchev–Trinajstić information content (AvgIpc) is 3.24. The van der Waals surface area contributed by atoms with E-state index in [1.807, 2.05) is 6.08 Å². The summed E-state index contributed by atoms with van der Waals surface area (Å²) in [4.78, 5) is 37.8. The third-order valence-electron chi connectivity index (χ3n) is 10.8. The zero-order valence-electron chi connectivity index (χ0n) is 39.5. The Hall–Kier alpha value is -2.89. The normalized spacial score (nSPS) is 12.5. The number of hydrogen-bond acceptors (Lipinski definition) is 6. The quantitative estimate of drug-likeness (QED) is 0.0263. The highest BCUT2D eigenvalue weighted by Gasteiger charge is 2.19. The van der Waals surface area contributed by atoms with E-state index in [1.165, 1.54) is 128 Å². The Morgan fingerprint density at radius 1 is 0.367 bits per heavy atom. The molecule has 6 nitrogen and oxygen atoms in total. The van der Waals surface area contributed by atoms with E-state index in [0.717, 1.165) is 77.0 Å². The number of unbranched alkanes of at least 4 members (excludes halogenated alkanes) is 25. The van der Waals surface area contributed by atoms with Gasteiger partial charge in [0.2, 0.25) is 0 Å². The van der Waals surface area contributed by atoms with E-state index in [2.05, 4.69) is 69.4 Å². The molecule has 0 aliphatic heterocycles. The fourth-order valence-corrected chi connectivity index (χ4v) is 7.07. The molecule has 1 atom stereocenters. The Morgan fingerprint density at radius 3 is 1.17 bits per heavy atom. The molecule has 0 fully saturated rings. The second-order valence-electron chi connectivity index (χ2n) is 16.7. The van der Waals surface area contributed by atoms with Crippen LogP contribution in [-0.4, -0.2) is 37.2 Å². The number of ether oxygens (including phenoxy) is 3. The van der Waals surface area contributed by atoms with Gasteiger partial charge in [0.15, 0.2) is 6.10 Å². The standard InChI is InChI=1S/C54H94O6/c1-4-7-10-13-16-19-21-23-25-26-27-28-29-31-32-35-38-41-44-47-53(56)59-50-51(49-58-52(55)46-43-40-37-34-18-15-12-9-6-3)60-54(57)48-45-42-39-36-33-30-24-22-20-17-14-11-8-5-2/h8-9,11-12,17-18,20,34,40,43,51H,4-7,10,13-16,19,21-33,35-39,41-42,44-50H2,1-3H3/b11-8-,12-9-,20-17-,34-18-,43-40-. The highest BCUT2D eigenvalue weighted by molar-refractivity contribution is 5.72. The second kappa shape index (κ2) is 48.8. The van der Waals surface area contributed by atoms with Crippen molar-refractivity contribution in [2.24, 2.45) is 0 Å². The van der Waals surface area contributed by atoms with Crippen LogP contribution in [0.25, 0.3) is 0 Å². The molecule has 6 heteroatoms. The highest BCUT2D eigenvalue weighted by atomic mass is 16.6. The Balaban J connectivity index is 4.31. The van der Waals surface area contributed by atoms with Gasteiger partial charge in [-0.2, -0.15) is 0 Å². The molecule has 0 aromatic heterocycles. The molecule has 0 radical (unpaired) electrons.